The number of aromatic nitrogens is 5. The number of hydrogen-bond acceptors (Lipinski definition) is 6. The van der Waals surface area contributed by atoms with Crippen LogP contribution in [0.5, 0.6) is 0 Å². The number of pyridine rings is 1. The lowest BCUT2D eigenvalue weighted by atomic mass is 9.87. The molecule has 1 aliphatic heterocycles. The number of rotatable bonds is 4. The molecule has 0 unspecified atom stereocenters. The van der Waals surface area contributed by atoms with Gasteiger partial charge in [-0.3, -0.25) is 9.88 Å². The highest BCUT2D eigenvalue weighted by molar-refractivity contribution is 5.91. The number of anilines is 1. The summed E-state index contributed by atoms with van der Waals surface area (Å²) in [6, 6.07) is 19.2. The smallest absolute Gasteiger partial charge is 0.178 e. The van der Waals surface area contributed by atoms with Crippen molar-refractivity contribution < 1.29 is 0 Å². The fraction of sp³-hybridized carbons (Fsp3) is 0.310. The maximum Gasteiger partial charge on any atom is 0.178 e. The first-order valence-electron chi connectivity index (χ1n) is 12.6. The van der Waals surface area contributed by atoms with E-state index in [4.69, 9.17) is 9.97 Å². The molecule has 36 heavy (non-hydrogen) atoms. The summed E-state index contributed by atoms with van der Waals surface area (Å²) in [5.74, 6) is 0.919. The summed E-state index contributed by atoms with van der Waals surface area (Å²) >= 11 is 0. The Kier molecular flexibility index (Phi) is 5.64. The number of aromatic amines is 1. The van der Waals surface area contributed by atoms with E-state index >= 15 is 0 Å². The van der Waals surface area contributed by atoms with E-state index in [2.05, 4.69) is 94.1 Å². The predicted molar refractivity (Wildman–Crippen MR) is 145 cm³/mol. The first-order valence-corrected chi connectivity index (χ1v) is 12.6. The first-order chi connectivity index (χ1) is 17.4. The van der Waals surface area contributed by atoms with Crippen molar-refractivity contribution in [3.63, 3.8) is 0 Å². The van der Waals surface area contributed by atoms with Crippen LogP contribution >= 0.6 is 0 Å². The molecule has 1 fully saturated rings. The highest BCUT2D eigenvalue weighted by Crippen LogP contribution is 2.30. The second-order valence-corrected chi connectivity index (χ2v) is 10.6. The van der Waals surface area contributed by atoms with E-state index in [1.807, 2.05) is 6.07 Å². The highest BCUT2D eigenvalue weighted by atomic mass is 15.3. The van der Waals surface area contributed by atoms with E-state index in [0.717, 1.165) is 66.4 Å². The number of nitrogens with zero attached hydrogens (tertiary/aromatic N) is 6. The molecule has 4 heterocycles. The monoisotopic (exact) mass is 477 g/mol. The molecule has 0 spiro atoms. The third kappa shape index (κ3) is 4.42. The SMILES string of the molecule is CC(C)(C)c1ccc(-c2nc3c(N4CCN(Cc5ccc6nccnc6n5)CC4)cccc3[nH]2)cc1. The fourth-order valence-corrected chi connectivity index (χ4v) is 4.89. The van der Waals surface area contributed by atoms with Crippen LogP contribution in [0.25, 0.3) is 33.6 Å². The molecule has 0 bridgehead atoms. The number of fused-ring (bicyclic) bond motifs is 2. The molecular formula is C29H31N7. The molecule has 182 valence electrons. The van der Waals surface area contributed by atoms with Gasteiger partial charge in [0, 0.05) is 50.7 Å². The summed E-state index contributed by atoms with van der Waals surface area (Å²) < 4.78 is 0. The normalized spacial score (nSPS) is 15.1. The van der Waals surface area contributed by atoms with Gasteiger partial charge in [0.25, 0.3) is 0 Å². The fourth-order valence-electron chi connectivity index (χ4n) is 4.89. The molecule has 7 nitrogen and oxygen atoms in total. The van der Waals surface area contributed by atoms with E-state index in [9.17, 15) is 0 Å². The highest BCUT2D eigenvalue weighted by Gasteiger charge is 2.21. The number of nitrogens with one attached hydrogen (secondary N) is 1. The van der Waals surface area contributed by atoms with Crippen LogP contribution in [0.15, 0.2) is 67.0 Å². The minimum absolute atomic E-state index is 0.139. The van der Waals surface area contributed by atoms with Gasteiger partial charge in [-0.1, -0.05) is 51.1 Å². The van der Waals surface area contributed by atoms with Crippen molar-refractivity contribution in [1.29, 1.82) is 0 Å². The third-order valence-electron chi connectivity index (χ3n) is 7.00. The second-order valence-electron chi connectivity index (χ2n) is 10.6. The van der Waals surface area contributed by atoms with Crippen LogP contribution in [-0.4, -0.2) is 56.0 Å². The zero-order valence-electron chi connectivity index (χ0n) is 21.1. The molecule has 1 aliphatic rings. The Hall–Kier alpha value is -3.84. The number of para-hydroxylation sites is 1. The van der Waals surface area contributed by atoms with Crippen molar-refractivity contribution in [2.75, 3.05) is 31.1 Å². The van der Waals surface area contributed by atoms with Crippen LogP contribution in [0.3, 0.4) is 0 Å². The molecule has 2 aromatic carbocycles. The Morgan fingerprint density at radius 3 is 2.39 bits per heavy atom. The van der Waals surface area contributed by atoms with E-state index in [1.165, 1.54) is 11.3 Å². The van der Waals surface area contributed by atoms with Gasteiger partial charge in [0.1, 0.15) is 16.9 Å². The Labute approximate surface area is 211 Å². The number of H-pyrrole nitrogens is 1. The van der Waals surface area contributed by atoms with E-state index in [-0.39, 0.29) is 5.41 Å². The summed E-state index contributed by atoms with van der Waals surface area (Å²) in [4.78, 5) is 26.8. The van der Waals surface area contributed by atoms with Crippen molar-refractivity contribution in [2.45, 2.75) is 32.7 Å². The van der Waals surface area contributed by atoms with Crippen LogP contribution < -0.4 is 4.90 Å². The van der Waals surface area contributed by atoms with Crippen LogP contribution in [0.2, 0.25) is 0 Å². The van der Waals surface area contributed by atoms with Crippen molar-refractivity contribution >= 4 is 27.9 Å². The number of hydrogen-bond donors (Lipinski definition) is 1. The second kappa shape index (κ2) is 8.99. The Morgan fingerprint density at radius 1 is 0.833 bits per heavy atom. The summed E-state index contributed by atoms with van der Waals surface area (Å²) in [6.45, 7) is 11.4. The number of piperazine rings is 1. The van der Waals surface area contributed by atoms with Crippen LogP contribution in [0.1, 0.15) is 32.0 Å². The van der Waals surface area contributed by atoms with Gasteiger partial charge in [-0.05, 0) is 35.2 Å². The van der Waals surface area contributed by atoms with Crippen molar-refractivity contribution in [1.82, 2.24) is 29.8 Å². The molecule has 1 N–H and O–H groups in total. The maximum atomic E-state index is 5.03. The summed E-state index contributed by atoms with van der Waals surface area (Å²) in [5.41, 5.74) is 8.47. The quantitative estimate of drug-likeness (QED) is 0.384. The summed E-state index contributed by atoms with van der Waals surface area (Å²) in [6.07, 6.45) is 3.40. The lowest BCUT2D eigenvalue weighted by molar-refractivity contribution is 0.247. The van der Waals surface area contributed by atoms with Crippen molar-refractivity contribution in [3.8, 4) is 11.4 Å². The molecule has 0 atom stereocenters. The Balaban J connectivity index is 1.17. The van der Waals surface area contributed by atoms with Gasteiger partial charge in [-0.25, -0.2) is 15.0 Å². The van der Waals surface area contributed by atoms with Gasteiger partial charge in [-0.2, -0.15) is 0 Å². The van der Waals surface area contributed by atoms with Crippen LogP contribution in [-0.2, 0) is 12.0 Å². The van der Waals surface area contributed by atoms with Gasteiger partial charge < -0.3 is 9.88 Å². The number of imidazole rings is 1. The van der Waals surface area contributed by atoms with Crippen molar-refractivity contribution in [3.05, 3.63) is 78.2 Å². The maximum absolute atomic E-state index is 5.03. The van der Waals surface area contributed by atoms with Gasteiger partial charge in [0.2, 0.25) is 0 Å². The molecule has 0 aliphatic carbocycles. The third-order valence-corrected chi connectivity index (χ3v) is 7.00. The molecule has 0 radical (unpaired) electrons. The average molecular weight is 478 g/mol. The van der Waals surface area contributed by atoms with Crippen molar-refractivity contribution in [2.24, 2.45) is 0 Å². The molecule has 1 saturated heterocycles. The summed E-state index contributed by atoms with van der Waals surface area (Å²) in [7, 11) is 0. The number of benzene rings is 2. The average Bonchev–Trinajstić information content (AvgIpc) is 3.33. The van der Waals surface area contributed by atoms with E-state index in [0.29, 0.717) is 5.65 Å². The molecule has 0 amide bonds. The first kappa shape index (κ1) is 22.6. The molecular weight excluding hydrogens is 446 g/mol. The lowest BCUT2D eigenvalue weighted by Crippen LogP contribution is -2.46. The van der Waals surface area contributed by atoms with Gasteiger partial charge in [-0.15, -0.1) is 0 Å². The zero-order valence-corrected chi connectivity index (χ0v) is 21.1. The van der Waals surface area contributed by atoms with Gasteiger partial charge >= 0.3 is 0 Å². The molecule has 6 rings (SSSR count). The van der Waals surface area contributed by atoms with Crippen LogP contribution in [0, 0.1) is 0 Å². The minimum atomic E-state index is 0.139. The minimum Gasteiger partial charge on any atom is -0.367 e. The molecule has 0 saturated carbocycles. The largest absolute Gasteiger partial charge is 0.367 e. The van der Waals surface area contributed by atoms with Gasteiger partial charge in [0.05, 0.1) is 16.9 Å². The Bertz CT molecular complexity index is 1510. The topological polar surface area (TPSA) is 73.8 Å². The lowest BCUT2D eigenvalue weighted by Gasteiger charge is -2.36. The zero-order chi connectivity index (χ0) is 24.7. The Morgan fingerprint density at radius 2 is 1.61 bits per heavy atom. The molecule has 3 aromatic heterocycles. The van der Waals surface area contributed by atoms with E-state index in [1.54, 1.807) is 12.4 Å². The van der Waals surface area contributed by atoms with Crippen LogP contribution in [0.4, 0.5) is 5.69 Å². The molecule has 7 heteroatoms. The standard InChI is InChI=1S/C29H31N7/c1-29(2,3)21-9-7-20(8-10-21)27-33-23-5-4-6-25(26(23)34-27)36-17-15-35(16-18-36)19-22-11-12-24-28(32-22)31-14-13-30-24/h4-14H,15-19H2,1-3H3,(H,33,34). The molecule has 5 aromatic rings. The predicted octanol–water partition coefficient (Wildman–Crippen LogP) is 5.19. The summed E-state index contributed by atoms with van der Waals surface area (Å²) in [5, 5.41) is 0. The van der Waals surface area contributed by atoms with Gasteiger partial charge in [0.15, 0.2) is 5.65 Å². The van der Waals surface area contributed by atoms with E-state index < -0.39 is 0 Å².